The Morgan fingerprint density at radius 2 is 0.591 bits per heavy atom. The molecule has 0 aliphatic rings. The Morgan fingerprint density at radius 1 is 0.409 bits per heavy atom. The van der Waals surface area contributed by atoms with E-state index in [4.69, 9.17) is 0 Å². The van der Waals surface area contributed by atoms with E-state index in [-0.39, 0.29) is 17.4 Å². The SMILES string of the molecule is CC(C)N(C(C)C)C(N(C(C)C)C(C)C)N(C(C)C)C(C)C.Cc1cc(C)[n-]n1.Cc1cc(C)[n-]n1.Cc1cc(C)[n-]n1.[Cr+3]. The molecule has 3 heterocycles. The van der Waals surface area contributed by atoms with Crippen molar-refractivity contribution in [2.75, 3.05) is 0 Å². The van der Waals surface area contributed by atoms with Gasteiger partial charge in [-0.1, -0.05) is 39.0 Å². The standard InChI is InChI=1S/C19H43N3.3C5H7N2.Cr/c1-13(2)20(14(3)4)19(21(15(5)6)16(7)8)22(17(9)10)18(11)12;3*1-4-3-5(2)7-6-4;/h13-19H,1-12H3;3*3H,1-2H3;/q;3*-1;+3. The number of aryl methyl sites for hydroxylation is 6. The molecule has 251 valence electrons. The number of hydrogen-bond donors (Lipinski definition) is 0. The maximum absolute atomic E-state index is 3.77. The van der Waals surface area contributed by atoms with Gasteiger partial charge in [0.25, 0.3) is 0 Å². The van der Waals surface area contributed by atoms with Crippen LogP contribution in [0.15, 0.2) is 18.2 Å². The summed E-state index contributed by atoms with van der Waals surface area (Å²) in [6.45, 7) is 39.5. The zero-order valence-corrected chi connectivity index (χ0v) is 32.5. The number of hydrogen-bond acceptors (Lipinski definition) is 6. The molecule has 0 aromatic carbocycles. The van der Waals surface area contributed by atoms with Crippen molar-refractivity contribution < 1.29 is 17.4 Å². The molecule has 0 unspecified atom stereocenters. The van der Waals surface area contributed by atoms with Crippen molar-refractivity contribution in [1.82, 2.24) is 45.3 Å². The largest absolute Gasteiger partial charge is 3.00 e. The summed E-state index contributed by atoms with van der Waals surface area (Å²) in [4.78, 5) is 8.00. The van der Waals surface area contributed by atoms with Crippen molar-refractivity contribution in [3.8, 4) is 0 Å². The van der Waals surface area contributed by atoms with E-state index in [2.05, 4.69) is 128 Å². The first kappa shape index (κ1) is 44.2. The average molecular weight is 651 g/mol. The fourth-order valence-electron chi connectivity index (χ4n) is 5.40. The molecule has 1 radical (unpaired) electrons. The van der Waals surface area contributed by atoms with Crippen molar-refractivity contribution in [2.24, 2.45) is 0 Å². The minimum absolute atomic E-state index is 0. The third-order valence-corrected chi connectivity index (χ3v) is 6.73. The van der Waals surface area contributed by atoms with E-state index in [1.165, 1.54) is 0 Å². The summed E-state index contributed by atoms with van der Waals surface area (Å²) < 4.78 is 0. The van der Waals surface area contributed by atoms with E-state index >= 15 is 0 Å². The molecule has 10 heteroatoms. The average Bonchev–Trinajstić information content (AvgIpc) is 3.54. The molecule has 3 rings (SSSR count). The molecular weight excluding hydrogens is 586 g/mol. The molecule has 3 aromatic rings. The Bertz CT molecular complexity index is 900. The summed E-state index contributed by atoms with van der Waals surface area (Å²) in [6.07, 6.45) is 0.333. The molecule has 3 aromatic heterocycles. The van der Waals surface area contributed by atoms with Gasteiger partial charge in [-0.3, -0.25) is 14.7 Å². The van der Waals surface area contributed by atoms with Crippen LogP contribution in [0.4, 0.5) is 0 Å². The van der Waals surface area contributed by atoms with Crippen molar-refractivity contribution in [3.05, 3.63) is 52.4 Å². The van der Waals surface area contributed by atoms with Gasteiger partial charge in [-0.25, -0.2) is 0 Å². The van der Waals surface area contributed by atoms with Crippen molar-refractivity contribution in [2.45, 2.75) is 167 Å². The van der Waals surface area contributed by atoms with Gasteiger partial charge in [0.1, 0.15) is 6.29 Å². The van der Waals surface area contributed by atoms with Gasteiger partial charge >= 0.3 is 17.4 Å². The molecule has 0 saturated heterocycles. The second-order valence-electron chi connectivity index (χ2n) is 13.1. The van der Waals surface area contributed by atoms with Crippen LogP contribution in [-0.4, -0.2) is 72.5 Å². The van der Waals surface area contributed by atoms with E-state index in [9.17, 15) is 0 Å². The van der Waals surface area contributed by atoms with Crippen LogP contribution >= 0.6 is 0 Å². The number of nitrogens with zero attached hydrogens (tertiary/aromatic N) is 9. The second kappa shape index (κ2) is 21.7. The van der Waals surface area contributed by atoms with E-state index in [1.54, 1.807) is 0 Å². The Morgan fingerprint density at radius 3 is 0.659 bits per heavy atom. The normalized spacial score (nSPS) is 11.5. The molecule has 0 saturated carbocycles. The molecule has 0 aliphatic heterocycles. The third-order valence-electron chi connectivity index (χ3n) is 6.73. The van der Waals surface area contributed by atoms with Crippen LogP contribution in [0.2, 0.25) is 0 Å². The quantitative estimate of drug-likeness (QED) is 0.238. The maximum Gasteiger partial charge on any atom is 3.00 e. The van der Waals surface area contributed by atoms with Gasteiger partial charge in [-0.2, -0.15) is 0 Å². The van der Waals surface area contributed by atoms with Crippen LogP contribution in [-0.2, 0) is 17.4 Å². The van der Waals surface area contributed by atoms with Gasteiger partial charge < -0.3 is 30.6 Å². The van der Waals surface area contributed by atoms with Crippen molar-refractivity contribution >= 4 is 0 Å². The Labute approximate surface area is 281 Å². The predicted molar refractivity (Wildman–Crippen MR) is 181 cm³/mol. The molecule has 0 aliphatic carbocycles. The molecule has 9 nitrogen and oxygen atoms in total. The van der Waals surface area contributed by atoms with Crippen molar-refractivity contribution in [3.63, 3.8) is 0 Å². The van der Waals surface area contributed by atoms with Crippen LogP contribution in [0, 0.1) is 41.5 Å². The van der Waals surface area contributed by atoms with Gasteiger partial charge in [0.05, 0.1) is 0 Å². The number of rotatable bonds is 9. The molecule has 0 amide bonds. The first-order valence-electron chi connectivity index (χ1n) is 15.9. The molecule has 0 fully saturated rings. The maximum atomic E-state index is 3.77. The van der Waals surface area contributed by atoms with Crippen LogP contribution in [0.1, 0.15) is 117 Å². The molecule has 0 N–H and O–H groups in total. The molecule has 0 atom stereocenters. The summed E-state index contributed by atoms with van der Waals surface area (Å²) in [5.74, 6) is 0. The fourth-order valence-corrected chi connectivity index (χ4v) is 5.40. The summed E-state index contributed by atoms with van der Waals surface area (Å²) in [7, 11) is 0. The summed E-state index contributed by atoms with van der Waals surface area (Å²) >= 11 is 0. The van der Waals surface area contributed by atoms with E-state index in [1.807, 2.05) is 59.7 Å². The Kier molecular flexibility index (Phi) is 21.8. The van der Waals surface area contributed by atoms with Crippen LogP contribution < -0.4 is 15.3 Å². The first-order chi connectivity index (χ1) is 19.8. The topological polar surface area (TPSA) is 90.7 Å². The van der Waals surface area contributed by atoms with Crippen LogP contribution in [0.3, 0.4) is 0 Å². The van der Waals surface area contributed by atoms with Gasteiger partial charge in [-0.05, 0) is 104 Å². The smallest absolute Gasteiger partial charge is 0.579 e. The molecular formula is C34H64CrN9. The second-order valence-corrected chi connectivity index (χ2v) is 13.1. The van der Waals surface area contributed by atoms with Gasteiger partial charge in [0.15, 0.2) is 0 Å². The Balaban J connectivity index is 0. The van der Waals surface area contributed by atoms with Gasteiger partial charge in [0, 0.05) is 53.3 Å². The third kappa shape index (κ3) is 16.4. The predicted octanol–water partition coefficient (Wildman–Crippen LogP) is 6.59. The molecule has 44 heavy (non-hydrogen) atoms. The summed E-state index contributed by atoms with van der Waals surface area (Å²) in [5.41, 5.74) is 5.99. The van der Waals surface area contributed by atoms with E-state index < -0.39 is 0 Å². The van der Waals surface area contributed by atoms with Gasteiger partial charge in [0.2, 0.25) is 0 Å². The zero-order chi connectivity index (χ0) is 33.6. The first-order valence-corrected chi connectivity index (χ1v) is 15.9. The van der Waals surface area contributed by atoms with Crippen molar-refractivity contribution in [1.29, 1.82) is 0 Å². The van der Waals surface area contributed by atoms with E-state index in [0.717, 1.165) is 34.2 Å². The fraction of sp³-hybridized carbons (Fsp3) is 0.735. The minimum atomic E-state index is 0. The van der Waals surface area contributed by atoms with Gasteiger partial charge in [-0.15, -0.1) is 17.1 Å². The monoisotopic (exact) mass is 650 g/mol. The molecule has 0 bridgehead atoms. The summed E-state index contributed by atoms with van der Waals surface area (Å²) in [5, 5.41) is 22.6. The summed E-state index contributed by atoms with van der Waals surface area (Å²) in [6, 6.07) is 8.94. The zero-order valence-electron chi connectivity index (χ0n) is 31.2. The Hall–Kier alpha value is -1.96. The van der Waals surface area contributed by atoms with E-state index in [0.29, 0.717) is 42.5 Å². The van der Waals surface area contributed by atoms with Crippen LogP contribution in [0.5, 0.6) is 0 Å². The van der Waals surface area contributed by atoms with Crippen LogP contribution in [0.25, 0.3) is 0 Å². The minimum Gasteiger partial charge on any atom is -0.579 e. The number of aromatic nitrogens is 6. The molecule has 0 spiro atoms.